The quantitative estimate of drug-likeness (QED) is 0.905. The summed E-state index contributed by atoms with van der Waals surface area (Å²) in [5.41, 5.74) is 0.261. The molecule has 2 rings (SSSR count). The minimum atomic E-state index is -0.614. The third kappa shape index (κ3) is 3.18. The normalized spacial score (nSPS) is 10.2. The van der Waals surface area contributed by atoms with Crippen molar-refractivity contribution in [3.63, 3.8) is 0 Å². The molecule has 0 unspecified atom stereocenters. The summed E-state index contributed by atoms with van der Waals surface area (Å²) in [6, 6.07) is 5.43. The van der Waals surface area contributed by atoms with Gasteiger partial charge in [0, 0.05) is 18.3 Å². The van der Waals surface area contributed by atoms with Crippen LogP contribution in [0.2, 0.25) is 10.0 Å². The molecule has 4 nitrogen and oxygen atoms in total. The van der Waals surface area contributed by atoms with Gasteiger partial charge < -0.3 is 10.6 Å². The number of hydrogen-bond donors (Lipinski definition) is 2. The molecule has 0 radical (unpaired) electrons. The van der Waals surface area contributed by atoms with Crippen LogP contribution in [-0.4, -0.2) is 17.9 Å². The maximum Gasteiger partial charge on any atom is 0.257 e. The molecule has 0 aliphatic rings. The van der Waals surface area contributed by atoms with E-state index in [0.717, 1.165) is 6.07 Å². The molecule has 0 saturated heterocycles. The van der Waals surface area contributed by atoms with Crippen LogP contribution in [0.4, 0.5) is 15.9 Å². The van der Waals surface area contributed by atoms with Crippen molar-refractivity contribution < 1.29 is 9.18 Å². The van der Waals surface area contributed by atoms with Crippen LogP contribution < -0.4 is 10.6 Å². The zero-order chi connectivity index (χ0) is 14.7. The van der Waals surface area contributed by atoms with Crippen molar-refractivity contribution in [3.8, 4) is 0 Å². The fourth-order valence-corrected chi connectivity index (χ4v) is 1.95. The van der Waals surface area contributed by atoms with Crippen molar-refractivity contribution in [2.24, 2.45) is 0 Å². The molecule has 1 heterocycles. The lowest BCUT2D eigenvalue weighted by molar-refractivity contribution is 0.102. The number of nitrogens with one attached hydrogen (secondary N) is 2. The van der Waals surface area contributed by atoms with Gasteiger partial charge in [0.05, 0.1) is 16.3 Å². The Labute approximate surface area is 124 Å². The highest BCUT2D eigenvalue weighted by atomic mass is 35.5. The molecule has 7 heteroatoms. The minimum Gasteiger partial charge on any atom is -0.372 e. The molecule has 1 aromatic heterocycles. The molecule has 0 aliphatic heterocycles. The van der Waals surface area contributed by atoms with E-state index in [2.05, 4.69) is 15.6 Å². The van der Waals surface area contributed by atoms with E-state index in [1.54, 1.807) is 7.05 Å². The molecule has 0 atom stereocenters. The van der Waals surface area contributed by atoms with Gasteiger partial charge in [-0.15, -0.1) is 0 Å². The number of rotatable bonds is 3. The Kier molecular flexibility index (Phi) is 4.42. The number of pyridine rings is 1. The predicted octanol–water partition coefficient (Wildman–Crippen LogP) is 3.82. The average Bonchev–Trinajstić information content (AvgIpc) is 2.41. The second-order valence-electron chi connectivity index (χ2n) is 3.88. The summed E-state index contributed by atoms with van der Waals surface area (Å²) >= 11 is 11.6. The van der Waals surface area contributed by atoms with Crippen LogP contribution in [0.3, 0.4) is 0 Å². The Bertz CT molecular complexity index is 664. The molecular formula is C13H10Cl2FN3O. The Morgan fingerprint density at radius 3 is 2.65 bits per heavy atom. The molecule has 0 aliphatic carbocycles. The monoisotopic (exact) mass is 313 g/mol. The molecule has 0 spiro atoms. The number of hydrogen-bond acceptors (Lipinski definition) is 3. The number of amides is 1. The van der Waals surface area contributed by atoms with Gasteiger partial charge in [-0.05, 0) is 24.3 Å². The molecule has 20 heavy (non-hydrogen) atoms. The van der Waals surface area contributed by atoms with E-state index < -0.39 is 11.7 Å². The molecule has 1 amide bonds. The van der Waals surface area contributed by atoms with Crippen molar-refractivity contribution in [1.82, 2.24) is 4.98 Å². The van der Waals surface area contributed by atoms with E-state index in [9.17, 15) is 9.18 Å². The topological polar surface area (TPSA) is 54.0 Å². The van der Waals surface area contributed by atoms with Gasteiger partial charge in [-0.2, -0.15) is 0 Å². The van der Waals surface area contributed by atoms with Gasteiger partial charge in [0.1, 0.15) is 11.6 Å². The van der Waals surface area contributed by atoms with Gasteiger partial charge in [-0.1, -0.05) is 23.2 Å². The highest BCUT2D eigenvalue weighted by Gasteiger charge is 2.12. The average molecular weight is 314 g/mol. The first-order valence-corrected chi connectivity index (χ1v) is 6.36. The summed E-state index contributed by atoms with van der Waals surface area (Å²) in [4.78, 5) is 16.0. The first kappa shape index (κ1) is 14.6. The number of benzene rings is 1. The van der Waals surface area contributed by atoms with Crippen molar-refractivity contribution in [3.05, 3.63) is 51.9 Å². The van der Waals surface area contributed by atoms with Crippen LogP contribution >= 0.6 is 23.2 Å². The van der Waals surface area contributed by atoms with Crippen LogP contribution in [0.5, 0.6) is 0 Å². The summed E-state index contributed by atoms with van der Waals surface area (Å²) < 4.78 is 13.6. The van der Waals surface area contributed by atoms with Gasteiger partial charge in [-0.25, -0.2) is 9.37 Å². The second-order valence-corrected chi connectivity index (χ2v) is 4.73. The Hall–Kier alpha value is -1.85. The molecule has 104 valence electrons. The fraction of sp³-hybridized carbons (Fsp3) is 0.0769. The SMILES string of the molecule is CNc1ncc(C(=O)Nc2ccc(Cl)cc2F)cc1Cl. The third-order valence-electron chi connectivity index (χ3n) is 2.52. The Morgan fingerprint density at radius 1 is 1.30 bits per heavy atom. The highest BCUT2D eigenvalue weighted by Crippen LogP contribution is 2.22. The summed E-state index contributed by atoms with van der Waals surface area (Å²) in [6.07, 6.45) is 1.35. The van der Waals surface area contributed by atoms with Crippen molar-refractivity contribution in [2.75, 3.05) is 17.7 Å². The number of aromatic nitrogens is 1. The van der Waals surface area contributed by atoms with Gasteiger partial charge in [0.2, 0.25) is 0 Å². The van der Waals surface area contributed by atoms with Gasteiger partial charge in [0.15, 0.2) is 0 Å². The summed E-state index contributed by atoms with van der Waals surface area (Å²) in [7, 11) is 1.66. The lowest BCUT2D eigenvalue weighted by atomic mass is 10.2. The zero-order valence-corrected chi connectivity index (χ0v) is 11.9. The third-order valence-corrected chi connectivity index (χ3v) is 3.04. The van der Waals surface area contributed by atoms with Crippen molar-refractivity contribution in [2.45, 2.75) is 0 Å². The summed E-state index contributed by atoms with van der Waals surface area (Å²) in [5.74, 6) is -0.666. The van der Waals surface area contributed by atoms with E-state index in [1.165, 1.54) is 24.4 Å². The van der Waals surface area contributed by atoms with E-state index in [-0.39, 0.29) is 16.3 Å². The molecular weight excluding hydrogens is 304 g/mol. The number of carbonyl (C=O) groups is 1. The molecule has 2 N–H and O–H groups in total. The predicted molar refractivity (Wildman–Crippen MR) is 78.2 cm³/mol. The van der Waals surface area contributed by atoms with Crippen LogP contribution in [0.25, 0.3) is 0 Å². The Balaban J connectivity index is 2.21. The maximum absolute atomic E-state index is 13.6. The maximum atomic E-state index is 13.6. The van der Waals surface area contributed by atoms with Crippen molar-refractivity contribution in [1.29, 1.82) is 0 Å². The second kappa shape index (κ2) is 6.07. The molecule has 0 saturated carbocycles. The van der Waals surface area contributed by atoms with E-state index in [4.69, 9.17) is 23.2 Å². The molecule has 1 aromatic carbocycles. The number of nitrogens with zero attached hydrogens (tertiary/aromatic N) is 1. The van der Waals surface area contributed by atoms with Gasteiger partial charge in [-0.3, -0.25) is 4.79 Å². The Morgan fingerprint density at radius 2 is 2.05 bits per heavy atom. The molecule has 0 fully saturated rings. The molecule has 0 bridgehead atoms. The van der Waals surface area contributed by atoms with Crippen molar-refractivity contribution >= 4 is 40.6 Å². The fourth-order valence-electron chi connectivity index (χ4n) is 1.53. The van der Waals surface area contributed by atoms with Gasteiger partial charge >= 0.3 is 0 Å². The standard InChI is InChI=1S/C13H10Cl2FN3O/c1-17-12-9(15)4-7(6-18-12)13(20)19-11-3-2-8(14)5-10(11)16/h2-6H,1H3,(H,17,18)(H,19,20). The van der Waals surface area contributed by atoms with E-state index in [0.29, 0.717) is 10.8 Å². The lowest BCUT2D eigenvalue weighted by Crippen LogP contribution is -2.13. The van der Waals surface area contributed by atoms with Crippen LogP contribution in [-0.2, 0) is 0 Å². The molecule has 2 aromatic rings. The van der Waals surface area contributed by atoms with Gasteiger partial charge in [0.25, 0.3) is 5.91 Å². The lowest BCUT2D eigenvalue weighted by Gasteiger charge is -2.08. The summed E-state index contributed by atoms with van der Waals surface area (Å²) in [6.45, 7) is 0. The summed E-state index contributed by atoms with van der Waals surface area (Å²) in [5, 5.41) is 5.76. The first-order chi connectivity index (χ1) is 9.51. The minimum absolute atomic E-state index is 0.0354. The van der Waals surface area contributed by atoms with E-state index in [1.807, 2.05) is 0 Å². The van der Waals surface area contributed by atoms with E-state index >= 15 is 0 Å². The van der Waals surface area contributed by atoms with Crippen LogP contribution in [0, 0.1) is 5.82 Å². The number of carbonyl (C=O) groups excluding carboxylic acids is 1. The van der Waals surface area contributed by atoms with Crippen LogP contribution in [0.15, 0.2) is 30.5 Å². The highest BCUT2D eigenvalue weighted by molar-refractivity contribution is 6.33. The largest absolute Gasteiger partial charge is 0.372 e. The number of anilines is 2. The first-order valence-electron chi connectivity index (χ1n) is 5.61. The van der Waals surface area contributed by atoms with Crippen LogP contribution in [0.1, 0.15) is 10.4 Å². The zero-order valence-electron chi connectivity index (χ0n) is 10.4. The number of halogens is 3. The smallest absolute Gasteiger partial charge is 0.257 e.